The molecule has 0 aliphatic carbocycles. The van der Waals surface area contributed by atoms with Crippen molar-refractivity contribution < 1.29 is 9.53 Å². The molecule has 0 aliphatic heterocycles. The predicted octanol–water partition coefficient (Wildman–Crippen LogP) is 4.33. The lowest BCUT2D eigenvalue weighted by molar-refractivity contribution is 0.0829. The van der Waals surface area contributed by atoms with Crippen LogP contribution in [0.1, 0.15) is 26.9 Å². The summed E-state index contributed by atoms with van der Waals surface area (Å²) in [5, 5.41) is 4.08. The standard InChI is InChI=1S/C19H19NO2S/c1-13-7-3-5-9-15(13)16(22-2)12-20-19(21)18-11-14-8-4-6-10-17(14)23-18/h3-11,16H,12H2,1-2H3,(H,20,21)/t16-/m1/s1. The Kier molecular flexibility index (Phi) is 4.74. The number of aryl methyl sites for hydroxylation is 1. The number of fused-ring (bicyclic) bond motifs is 1. The van der Waals surface area contributed by atoms with Crippen molar-refractivity contribution in [1.82, 2.24) is 5.32 Å². The van der Waals surface area contributed by atoms with Crippen molar-refractivity contribution in [3.63, 3.8) is 0 Å². The van der Waals surface area contributed by atoms with Crippen LogP contribution in [0, 0.1) is 6.92 Å². The fourth-order valence-corrected chi connectivity index (χ4v) is 3.61. The zero-order chi connectivity index (χ0) is 16.2. The van der Waals surface area contributed by atoms with Crippen LogP contribution in [0.2, 0.25) is 0 Å². The van der Waals surface area contributed by atoms with Gasteiger partial charge in [0, 0.05) is 18.4 Å². The molecule has 0 fully saturated rings. The molecule has 1 heterocycles. The maximum atomic E-state index is 12.4. The molecule has 1 amide bonds. The Hall–Kier alpha value is -2.17. The summed E-state index contributed by atoms with van der Waals surface area (Å²) in [5.74, 6) is -0.0539. The van der Waals surface area contributed by atoms with Crippen molar-refractivity contribution in [3.05, 3.63) is 70.6 Å². The number of carbonyl (C=O) groups is 1. The van der Waals surface area contributed by atoms with Crippen molar-refractivity contribution in [3.8, 4) is 0 Å². The third-order valence-electron chi connectivity index (χ3n) is 3.92. The molecule has 1 atom stereocenters. The van der Waals surface area contributed by atoms with E-state index in [1.807, 2.05) is 48.5 Å². The highest BCUT2D eigenvalue weighted by Crippen LogP contribution is 2.25. The maximum Gasteiger partial charge on any atom is 0.261 e. The summed E-state index contributed by atoms with van der Waals surface area (Å²) < 4.78 is 6.68. The number of methoxy groups -OCH3 is 1. The molecule has 118 valence electrons. The molecule has 1 aromatic heterocycles. The SMILES string of the molecule is CO[C@H](CNC(=O)c1cc2ccccc2s1)c1ccccc1C. The van der Waals surface area contributed by atoms with Gasteiger partial charge in [0.15, 0.2) is 0 Å². The van der Waals surface area contributed by atoms with Gasteiger partial charge in [0.1, 0.15) is 0 Å². The molecule has 4 heteroatoms. The van der Waals surface area contributed by atoms with Crippen LogP contribution in [0.3, 0.4) is 0 Å². The second-order valence-corrected chi connectivity index (χ2v) is 6.52. The van der Waals surface area contributed by atoms with Crippen LogP contribution < -0.4 is 5.32 Å². The minimum Gasteiger partial charge on any atom is -0.375 e. The average Bonchev–Trinajstić information content (AvgIpc) is 3.01. The van der Waals surface area contributed by atoms with Gasteiger partial charge in [0.25, 0.3) is 5.91 Å². The molecule has 1 N–H and O–H groups in total. The van der Waals surface area contributed by atoms with Gasteiger partial charge in [-0.05, 0) is 35.6 Å². The highest BCUT2D eigenvalue weighted by atomic mass is 32.1. The number of benzene rings is 2. The highest BCUT2D eigenvalue weighted by molar-refractivity contribution is 7.20. The van der Waals surface area contributed by atoms with E-state index in [1.54, 1.807) is 7.11 Å². The predicted molar refractivity (Wildman–Crippen MR) is 95.1 cm³/mol. The minimum atomic E-state index is -0.144. The van der Waals surface area contributed by atoms with Gasteiger partial charge in [0.2, 0.25) is 0 Å². The monoisotopic (exact) mass is 325 g/mol. The Morgan fingerprint density at radius 2 is 1.91 bits per heavy atom. The summed E-state index contributed by atoms with van der Waals surface area (Å²) in [7, 11) is 1.67. The van der Waals surface area contributed by atoms with Crippen LogP contribution in [0.25, 0.3) is 10.1 Å². The van der Waals surface area contributed by atoms with Crippen molar-refractivity contribution in [2.24, 2.45) is 0 Å². The van der Waals surface area contributed by atoms with Gasteiger partial charge in [-0.15, -0.1) is 11.3 Å². The Bertz CT molecular complexity index is 792. The highest BCUT2D eigenvalue weighted by Gasteiger charge is 2.16. The van der Waals surface area contributed by atoms with Gasteiger partial charge in [-0.2, -0.15) is 0 Å². The summed E-state index contributed by atoms with van der Waals surface area (Å²) in [6.07, 6.45) is -0.144. The molecule has 0 radical (unpaired) electrons. The smallest absolute Gasteiger partial charge is 0.261 e. The number of nitrogens with one attached hydrogen (secondary N) is 1. The lowest BCUT2D eigenvalue weighted by atomic mass is 10.0. The Morgan fingerprint density at radius 1 is 1.17 bits per heavy atom. The van der Waals surface area contributed by atoms with E-state index in [9.17, 15) is 4.79 Å². The summed E-state index contributed by atoms with van der Waals surface area (Å²) in [5.41, 5.74) is 2.27. The van der Waals surface area contributed by atoms with Gasteiger partial charge < -0.3 is 10.1 Å². The largest absolute Gasteiger partial charge is 0.375 e. The molecular formula is C19H19NO2S. The number of ether oxygens (including phenoxy) is 1. The van der Waals surface area contributed by atoms with Crippen molar-refractivity contribution in [1.29, 1.82) is 0 Å². The second kappa shape index (κ2) is 6.94. The summed E-state index contributed by atoms with van der Waals surface area (Å²) >= 11 is 1.51. The molecule has 0 saturated carbocycles. The fraction of sp³-hybridized carbons (Fsp3) is 0.211. The van der Waals surface area contributed by atoms with Gasteiger partial charge in [-0.1, -0.05) is 42.5 Å². The number of hydrogen-bond donors (Lipinski definition) is 1. The number of hydrogen-bond acceptors (Lipinski definition) is 3. The summed E-state index contributed by atoms with van der Waals surface area (Å²) in [6, 6.07) is 18.0. The van der Waals surface area contributed by atoms with Crippen LogP contribution >= 0.6 is 11.3 Å². The van der Waals surface area contributed by atoms with Gasteiger partial charge >= 0.3 is 0 Å². The lowest BCUT2D eigenvalue weighted by Crippen LogP contribution is -2.28. The van der Waals surface area contributed by atoms with Crippen LogP contribution in [0.15, 0.2) is 54.6 Å². The molecule has 0 saturated heterocycles. The molecule has 0 unspecified atom stereocenters. The Labute approximate surface area is 139 Å². The van der Waals surface area contributed by atoms with E-state index in [0.29, 0.717) is 6.54 Å². The first-order valence-electron chi connectivity index (χ1n) is 7.54. The van der Waals surface area contributed by atoms with Gasteiger partial charge in [0.05, 0.1) is 11.0 Å². The molecule has 23 heavy (non-hydrogen) atoms. The first-order chi connectivity index (χ1) is 11.2. The van der Waals surface area contributed by atoms with Crippen LogP contribution in [-0.4, -0.2) is 19.6 Å². The molecule has 3 rings (SSSR count). The third-order valence-corrected chi connectivity index (χ3v) is 5.03. The van der Waals surface area contributed by atoms with E-state index in [2.05, 4.69) is 18.3 Å². The number of carbonyl (C=O) groups excluding carboxylic acids is 1. The van der Waals surface area contributed by atoms with Crippen molar-refractivity contribution in [2.75, 3.05) is 13.7 Å². The molecule has 0 spiro atoms. The molecule has 3 nitrogen and oxygen atoms in total. The van der Waals surface area contributed by atoms with Crippen LogP contribution in [0.5, 0.6) is 0 Å². The topological polar surface area (TPSA) is 38.3 Å². The first-order valence-corrected chi connectivity index (χ1v) is 8.36. The number of rotatable bonds is 5. The average molecular weight is 325 g/mol. The molecule has 3 aromatic rings. The van der Waals surface area contributed by atoms with Crippen molar-refractivity contribution >= 4 is 27.3 Å². The van der Waals surface area contributed by atoms with Gasteiger partial charge in [-0.3, -0.25) is 4.79 Å². The van der Waals surface area contributed by atoms with E-state index >= 15 is 0 Å². The zero-order valence-electron chi connectivity index (χ0n) is 13.2. The Morgan fingerprint density at radius 3 is 2.65 bits per heavy atom. The minimum absolute atomic E-state index is 0.0539. The summed E-state index contributed by atoms with van der Waals surface area (Å²) in [4.78, 5) is 13.1. The van der Waals surface area contributed by atoms with E-state index in [0.717, 1.165) is 26.1 Å². The fourth-order valence-electron chi connectivity index (χ4n) is 2.63. The molecular weight excluding hydrogens is 306 g/mol. The third kappa shape index (κ3) is 3.44. The molecule has 0 aliphatic rings. The lowest BCUT2D eigenvalue weighted by Gasteiger charge is -2.18. The maximum absolute atomic E-state index is 12.4. The quantitative estimate of drug-likeness (QED) is 0.758. The zero-order valence-corrected chi connectivity index (χ0v) is 14.0. The number of thiophene rings is 1. The first kappa shape index (κ1) is 15.7. The van der Waals surface area contributed by atoms with E-state index in [1.165, 1.54) is 11.3 Å². The van der Waals surface area contributed by atoms with Crippen LogP contribution in [-0.2, 0) is 4.74 Å². The van der Waals surface area contributed by atoms with E-state index in [4.69, 9.17) is 4.74 Å². The molecule has 0 bridgehead atoms. The summed E-state index contributed by atoms with van der Waals surface area (Å²) in [6.45, 7) is 2.50. The van der Waals surface area contributed by atoms with Crippen molar-refractivity contribution in [2.45, 2.75) is 13.0 Å². The van der Waals surface area contributed by atoms with E-state index in [-0.39, 0.29) is 12.0 Å². The van der Waals surface area contributed by atoms with Gasteiger partial charge in [-0.25, -0.2) is 0 Å². The second-order valence-electron chi connectivity index (χ2n) is 5.44. The van der Waals surface area contributed by atoms with Crippen LogP contribution in [0.4, 0.5) is 0 Å². The van der Waals surface area contributed by atoms with E-state index < -0.39 is 0 Å². The normalized spacial score (nSPS) is 12.3. The number of amides is 1. The Balaban J connectivity index is 1.71. The molecule has 2 aromatic carbocycles.